The summed E-state index contributed by atoms with van der Waals surface area (Å²) in [5.74, 6) is -0.0601. The summed E-state index contributed by atoms with van der Waals surface area (Å²) in [7, 11) is -3.49. The van der Waals surface area contributed by atoms with Gasteiger partial charge in [0.2, 0.25) is 15.9 Å². The molecule has 0 N–H and O–H groups in total. The molecular weight excluding hydrogens is 372 g/mol. The molecule has 28 heavy (non-hydrogen) atoms. The molecule has 150 valence electrons. The number of aryl methyl sites for hydroxylation is 2. The molecule has 0 aromatic heterocycles. The second-order valence-corrected chi connectivity index (χ2v) is 9.30. The van der Waals surface area contributed by atoms with E-state index < -0.39 is 10.0 Å². The largest absolute Gasteiger partial charge is 0.312 e. The van der Waals surface area contributed by atoms with Gasteiger partial charge in [-0.1, -0.05) is 30.3 Å². The van der Waals surface area contributed by atoms with Gasteiger partial charge in [-0.2, -0.15) is 4.31 Å². The third kappa shape index (κ3) is 4.13. The highest BCUT2D eigenvalue weighted by atomic mass is 32.2. The maximum Gasteiger partial charge on any atom is 0.243 e. The predicted octanol–water partition coefficient (Wildman–Crippen LogP) is 3.76. The Morgan fingerprint density at radius 1 is 1.07 bits per heavy atom. The van der Waals surface area contributed by atoms with E-state index in [-0.39, 0.29) is 11.8 Å². The van der Waals surface area contributed by atoms with E-state index in [0.717, 1.165) is 16.8 Å². The minimum absolute atomic E-state index is 0.0907. The van der Waals surface area contributed by atoms with Crippen LogP contribution in [-0.2, 0) is 14.8 Å². The molecule has 1 heterocycles. The van der Waals surface area contributed by atoms with Crippen LogP contribution in [0.1, 0.15) is 30.9 Å². The lowest BCUT2D eigenvalue weighted by atomic mass is 9.95. The molecule has 1 aliphatic heterocycles. The Morgan fingerprint density at radius 2 is 1.71 bits per heavy atom. The van der Waals surface area contributed by atoms with E-state index in [9.17, 15) is 13.2 Å². The minimum Gasteiger partial charge on any atom is -0.312 e. The van der Waals surface area contributed by atoms with Crippen molar-refractivity contribution >= 4 is 21.6 Å². The number of rotatable bonds is 5. The van der Waals surface area contributed by atoms with Gasteiger partial charge in [0.1, 0.15) is 0 Å². The second-order valence-electron chi connectivity index (χ2n) is 7.36. The van der Waals surface area contributed by atoms with Crippen LogP contribution in [-0.4, -0.2) is 38.3 Å². The van der Waals surface area contributed by atoms with E-state index in [1.54, 1.807) is 30.3 Å². The topological polar surface area (TPSA) is 57.7 Å². The maximum atomic E-state index is 13.2. The summed E-state index contributed by atoms with van der Waals surface area (Å²) in [6.07, 6.45) is 1.10. The number of carbonyl (C=O) groups is 1. The van der Waals surface area contributed by atoms with Crippen LogP contribution in [0.25, 0.3) is 0 Å². The molecule has 3 rings (SSSR count). The number of carbonyl (C=O) groups excluding carboxylic acids is 1. The van der Waals surface area contributed by atoms with E-state index in [4.69, 9.17) is 0 Å². The Kier molecular flexibility index (Phi) is 6.20. The van der Waals surface area contributed by atoms with Gasteiger partial charge in [0, 0.05) is 31.2 Å². The predicted molar refractivity (Wildman–Crippen MR) is 112 cm³/mol. The molecule has 0 aliphatic carbocycles. The average Bonchev–Trinajstić information content (AvgIpc) is 2.71. The molecule has 1 aliphatic rings. The highest BCUT2D eigenvalue weighted by Gasteiger charge is 2.34. The lowest BCUT2D eigenvalue weighted by molar-refractivity contribution is -0.123. The van der Waals surface area contributed by atoms with Gasteiger partial charge in [-0.3, -0.25) is 4.79 Å². The van der Waals surface area contributed by atoms with Gasteiger partial charge in [-0.25, -0.2) is 8.42 Å². The molecule has 1 amide bonds. The lowest BCUT2D eigenvalue weighted by Crippen LogP contribution is -2.44. The first kappa shape index (κ1) is 20.6. The molecular formula is C22H28N2O3S. The van der Waals surface area contributed by atoms with E-state index in [2.05, 4.69) is 0 Å². The molecule has 2 aromatic rings. The van der Waals surface area contributed by atoms with Crippen molar-refractivity contribution in [3.05, 3.63) is 59.7 Å². The zero-order chi connectivity index (χ0) is 20.3. The molecule has 0 unspecified atom stereocenters. The summed E-state index contributed by atoms with van der Waals surface area (Å²) >= 11 is 0. The van der Waals surface area contributed by atoms with Crippen LogP contribution in [0.4, 0.5) is 5.69 Å². The zero-order valence-electron chi connectivity index (χ0n) is 16.8. The molecule has 0 atom stereocenters. The number of nitrogens with zero attached hydrogens (tertiary/aromatic N) is 2. The summed E-state index contributed by atoms with van der Waals surface area (Å²) in [6.45, 7) is 7.37. The first-order chi connectivity index (χ1) is 13.3. The van der Waals surface area contributed by atoms with E-state index >= 15 is 0 Å². The lowest BCUT2D eigenvalue weighted by Gasteiger charge is -2.34. The van der Waals surface area contributed by atoms with Crippen LogP contribution in [0.3, 0.4) is 0 Å². The SMILES string of the molecule is CCN(C(=O)C1CCN(S(=O)(=O)c2ccccc2)CC1)c1cc(C)ccc1C. The smallest absolute Gasteiger partial charge is 0.243 e. The molecule has 0 saturated carbocycles. The molecule has 6 heteroatoms. The fourth-order valence-corrected chi connectivity index (χ4v) is 5.25. The van der Waals surface area contributed by atoms with Crippen molar-refractivity contribution in [3.8, 4) is 0 Å². The molecule has 0 spiro atoms. The fourth-order valence-electron chi connectivity index (χ4n) is 3.76. The number of piperidine rings is 1. The molecule has 1 fully saturated rings. The van der Waals surface area contributed by atoms with Gasteiger partial charge in [0.25, 0.3) is 0 Å². The average molecular weight is 401 g/mol. The van der Waals surface area contributed by atoms with E-state index in [1.807, 2.05) is 43.9 Å². The van der Waals surface area contributed by atoms with Gasteiger partial charge in [0.15, 0.2) is 0 Å². The van der Waals surface area contributed by atoms with E-state index in [0.29, 0.717) is 37.4 Å². The Labute approximate surface area is 168 Å². The highest BCUT2D eigenvalue weighted by Crippen LogP contribution is 2.28. The maximum absolute atomic E-state index is 13.2. The number of hydrogen-bond acceptors (Lipinski definition) is 3. The Bertz CT molecular complexity index is 934. The fraction of sp³-hybridized carbons (Fsp3) is 0.409. The van der Waals surface area contributed by atoms with Crippen molar-refractivity contribution in [1.82, 2.24) is 4.31 Å². The minimum atomic E-state index is -3.49. The Balaban J connectivity index is 1.72. The van der Waals surface area contributed by atoms with Crippen LogP contribution in [0.2, 0.25) is 0 Å². The summed E-state index contributed by atoms with van der Waals surface area (Å²) in [6, 6.07) is 14.6. The quantitative estimate of drug-likeness (QED) is 0.768. The standard InChI is InChI=1S/C22H28N2O3S/c1-4-24(21-16-17(2)10-11-18(21)3)22(25)19-12-14-23(15-13-19)28(26,27)20-8-6-5-7-9-20/h5-11,16,19H,4,12-15H2,1-3H3. The number of amides is 1. The van der Waals surface area contributed by atoms with Crippen LogP contribution in [0.5, 0.6) is 0 Å². The molecule has 0 radical (unpaired) electrons. The zero-order valence-corrected chi connectivity index (χ0v) is 17.6. The summed E-state index contributed by atoms with van der Waals surface area (Å²) in [4.78, 5) is 15.3. The summed E-state index contributed by atoms with van der Waals surface area (Å²) in [5, 5.41) is 0. The Hall–Kier alpha value is -2.18. The van der Waals surface area contributed by atoms with Crippen molar-refractivity contribution in [3.63, 3.8) is 0 Å². The third-order valence-corrected chi connectivity index (χ3v) is 7.33. The van der Waals surface area contributed by atoms with Crippen molar-refractivity contribution in [1.29, 1.82) is 0 Å². The number of hydrogen-bond donors (Lipinski definition) is 0. The van der Waals surface area contributed by atoms with Gasteiger partial charge in [-0.05, 0) is 62.9 Å². The first-order valence-electron chi connectivity index (χ1n) is 9.78. The van der Waals surface area contributed by atoms with Gasteiger partial charge < -0.3 is 4.90 Å². The first-order valence-corrected chi connectivity index (χ1v) is 11.2. The Morgan fingerprint density at radius 3 is 2.32 bits per heavy atom. The van der Waals surface area contributed by atoms with Crippen LogP contribution < -0.4 is 4.90 Å². The monoisotopic (exact) mass is 400 g/mol. The summed E-state index contributed by atoms with van der Waals surface area (Å²) < 4.78 is 27.1. The number of anilines is 1. The number of sulfonamides is 1. The number of benzene rings is 2. The molecule has 1 saturated heterocycles. The van der Waals surface area contributed by atoms with Crippen molar-refractivity contribution in [2.45, 2.75) is 38.5 Å². The third-order valence-electron chi connectivity index (χ3n) is 5.42. The molecule has 2 aromatic carbocycles. The summed E-state index contributed by atoms with van der Waals surface area (Å²) in [5.41, 5.74) is 3.15. The van der Waals surface area contributed by atoms with Crippen molar-refractivity contribution in [2.24, 2.45) is 5.92 Å². The van der Waals surface area contributed by atoms with Crippen molar-refractivity contribution < 1.29 is 13.2 Å². The van der Waals surface area contributed by atoms with E-state index in [1.165, 1.54) is 4.31 Å². The second kappa shape index (κ2) is 8.45. The van der Waals surface area contributed by atoms with Crippen molar-refractivity contribution in [2.75, 3.05) is 24.5 Å². The molecule has 5 nitrogen and oxygen atoms in total. The normalized spacial score (nSPS) is 16.1. The van der Waals surface area contributed by atoms with Gasteiger partial charge in [0.05, 0.1) is 4.90 Å². The van der Waals surface area contributed by atoms with Gasteiger partial charge >= 0.3 is 0 Å². The molecule has 0 bridgehead atoms. The highest BCUT2D eigenvalue weighted by molar-refractivity contribution is 7.89. The van der Waals surface area contributed by atoms with Crippen LogP contribution >= 0.6 is 0 Å². The van der Waals surface area contributed by atoms with Crippen LogP contribution in [0, 0.1) is 19.8 Å². The van der Waals surface area contributed by atoms with Crippen LogP contribution in [0.15, 0.2) is 53.4 Å². The van der Waals surface area contributed by atoms with Gasteiger partial charge in [-0.15, -0.1) is 0 Å².